The number of rotatable bonds is 4. The molecule has 0 radical (unpaired) electrons. The van der Waals surface area contributed by atoms with Gasteiger partial charge in [-0.05, 0) is 66.9 Å². The Morgan fingerprint density at radius 3 is 2.10 bits per heavy atom. The summed E-state index contributed by atoms with van der Waals surface area (Å²) in [6.45, 7) is 4.85. The molecule has 4 aliphatic carbocycles. The summed E-state index contributed by atoms with van der Waals surface area (Å²) in [5, 5.41) is 3.89. The highest BCUT2D eigenvalue weighted by atomic mass is 14.9. The monoisotopic (exact) mass is 267 g/mol. The van der Waals surface area contributed by atoms with Gasteiger partial charge in [0.1, 0.15) is 0 Å². The fourth-order valence-electron chi connectivity index (χ4n) is 5.27. The van der Waals surface area contributed by atoms with E-state index < -0.39 is 0 Å². The van der Waals surface area contributed by atoms with Gasteiger partial charge in [-0.3, -0.25) is 0 Å². The smallest absolute Gasteiger partial charge is 0.0208 e. The first-order valence-corrected chi connectivity index (χ1v) is 8.26. The van der Waals surface area contributed by atoms with E-state index in [0.29, 0.717) is 0 Å². The van der Waals surface area contributed by atoms with Crippen LogP contribution in [0.15, 0.2) is 30.8 Å². The average molecular weight is 267 g/mol. The van der Waals surface area contributed by atoms with Gasteiger partial charge < -0.3 is 5.32 Å². The predicted octanol–water partition coefficient (Wildman–Crippen LogP) is 4.24. The maximum Gasteiger partial charge on any atom is 0.0208 e. The van der Waals surface area contributed by atoms with Gasteiger partial charge in [-0.25, -0.2) is 0 Å². The van der Waals surface area contributed by atoms with Gasteiger partial charge in [0.25, 0.3) is 0 Å². The van der Waals surface area contributed by atoms with Crippen LogP contribution in [0.4, 0.5) is 0 Å². The molecule has 0 atom stereocenters. The molecule has 4 saturated carbocycles. The van der Waals surface area contributed by atoms with Crippen LogP contribution in [0.25, 0.3) is 6.08 Å². The Balaban J connectivity index is 1.40. The molecular formula is C19H25N. The third-order valence-electron chi connectivity index (χ3n) is 5.98. The lowest BCUT2D eigenvalue weighted by atomic mass is 9.54. The van der Waals surface area contributed by atoms with Gasteiger partial charge >= 0.3 is 0 Å². The molecule has 20 heavy (non-hydrogen) atoms. The maximum atomic E-state index is 3.89. The Bertz CT molecular complexity index is 459. The van der Waals surface area contributed by atoms with Crippen molar-refractivity contribution >= 4 is 6.08 Å². The van der Waals surface area contributed by atoms with Crippen LogP contribution >= 0.6 is 0 Å². The van der Waals surface area contributed by atoms with Crippen molar-refractivity contribution in [1.82, 2.24) is 5.32 Å². The van der Waals surface area contributed by atoms with Crippen molar-refractivity contribution in [3.05, 3.63) is 42.0 Å². The number of nitrogens with one attached hydrogen (secondary N) is 1. The predicted molar refractivity (Wildman–Crippen MR) is 84.2 cm³/mol. The van der Waals surface area contributed by atoms with E-state index in [2.05, 4.69) is 36.2 Å². The molecule has 1 nitrogen and oxygen atoms in total. The van der Waals surface area contributed by atoms with Crippen LogP contribution in [-0.4, -0.2) is 6.04 Å². The lowest BCUT2D eigenvalue weighted by Crippen LogP contribution is -2.54. The van der Waals surface area contributed by atoms with Gasteiger partial charge in [0.05, 0.1) is 0 Å². The third kappa shape index (κ3) is 2.22. The molecule has 0 heterocycles. The molecule has 4 fully saturated rings. The van der Waals surface area contributed by atoms with Crippen LogP contribution in [0.5, 0.6) is 0 Å². The van der Waals surface area contributed by atoms with E-state index in [1.165, 1.54) is 36.8 Å². The second-order valence-electron chi connectivity index (χ2n) is 7.28. The van der Waals surface area contributed by atoms with E-state index in [1.807, 2.05) is 6.08 Å². The van der Waals surface area contributed by atoms with Crippen molar-refractivity contribution in [2.45, 2.75) is 44.7 Å². The second kappa shape index (κ2) is 5.04. The first kappa shape index (κ1) is 12.6. The van der Waals surface area contributed by atoms with Crippen molar-refractivity contribution in [2.24, 2.45) is 23.7 Å². The zero-order valence-electron chi connectivity index (χ0n) is 12.2. The number of benzene rings is 1. The van der Waals surface area contributed by atoms with Gasteiger partial charge in [-0.15, -0.1) is 0 Å². The van der Waals surface area contributed by atoms with Crippen molar-refractivity contribution in [3.8, 4) is 0 Å². The highest BCUT2D eigenvalue weighted by Gasteiger charge is 2.47. The van der Waals surface area contributed by atoms with Crippen LogP contribution in [0.3, 0.4) is 0 Å². The summed E-state index contributed by atoms with van der Waals surface area (Å²) in [4.78, 5) is 0. The largest absolute Gasteiger partial charge is 0.309 e. The number of hydrogen-bond donors (Lipinski definition) is 1. The normalized spacial score (nSPS) is 38.1. The van der Waals surface area contributed by atoms with Crippen molar-refractivity contribution in [3.63, 3.8) is 0 Å². The molecule has 0 amide bonds. The summed E-state index contributed by atoms with van der Waals surface area (Å²) in [6, 6.07) is 9.60. The maximum absolute atomic E-state index is 3.89. The first-order valence-electron chi connectivity index (χ1n) is 8.26. The summed E-state index contributed by atoms with van der Waals surface area (Å²) in [7, 11) is 0. The minimum absolute atomic E-state index is 0.793. The van der Waals surface area contributed by atoms with Gasteiger partial charge in [0.2, 0.25) is 0 Å². The SMILES string of the molecule is C=Cc1ccc(CNC2C3CC4CC(C3)CC2C4)cc1. The zero-order chi connectivity index (χ0) is 13.5. The van der Waals surface area contributed by atoms with E-state index in [9.17, 15) is 0 Å². The molecule has 5 rings (SSSR count). The molecule has 4 bridgehead atoms. The minimum atomic E-state index is 0.793. The molecule has 106 valence electrons. The molecule has 1 heteroatoms. The topological polar surface area (TPSA) is 12.0 Å². The summed E-state index contributed by atoms with van der Waals surface area (Å²) >= 11 is 0. The summed E-state index contributed by atoms with van der Waals surface area (Å²) in [5.41, 5.74) is 2.62. The molecule has 0 aromatic heterocycles. The zero-order valence-corrected chi connectivity index (χ0v) is 12.2. The van der Waals surface area contributed by atoms with Crippen LogP contribution in [0.1, 0.15) is 43.2 Å². The highest BCUT2D eigenvalue weighted by molar-refractivity contribution is 5.47. The Labute approximate surface area is 122 Å². The molecular weight excluding hydrogens is 242 g/mol. The fraction of sp³-hybridized carbons (Fsp3) is 0.579. The Hall–Kier alpha value is -1.08. The van der Waals surface area contributed by atoms with Gasteiger partial charge in [-0.2, -0.15) is 0 Å². The van der Waals surface area contributed by atoms with Gasteiger partial charge in [0, 0.05) is 12.6 Å². The molecule has 0 saturated heterocycles. The third-order valence-corrected chi connectivity index (χ3v) is 5.98. The highest BCUT2D eigenvalue weighted by Crippen LogP contribution is 2.53. The Morgan fingerprint density at radius 1 is 0.950 bits per heavy atom. The van der Waals surface area contributed by atoms with Gasteiger partial charge in [0.15, 0.2) is 0 Å². The fourth-order valence-corrected chi connectivity index (χ4v) is 5.27. The van der Waals surface area contributed by atoms with Crippen LogP contribution < -0.4 is 5.32 Å². The van der Waals surface area contributed by atoms with E-state index in [4.69, 9.17) is 0 Å². The molecule has 1 N–H and O–H groups in total. The molecule has 1 aromatic rings. The van der Waals surface area contributed by atoms with Crippen LogP contribution in [0.2, 0.25) is 0 Å². The van der Waals surface area contributed by atoms with Gasteiger partial charge in [-0.1, -0.05) is 36.9 Å². The minimum Gasteiger partial charge on any atom is -0.309 e. The standard InChI is InChI=1S/C19H25N/c1-2-13-3-5-14(6-4-13)12-20-19-17-8-15-7-16(10-17)11-18(19)9-15/h2-6,15-20H,1,7-12H2. The Kier molecular flexibility index (Phi) is 3.18. The quantitative estimate of drug-likeness (QED) is 0.860. The average Bonchev–Trinajstić information content (AvgIpc) is 2.46. The van der Waals surface area contributed by atoms with E-state index in [1.54, 1.807) is 6.42 Å². The molecule has 0 aliphatic heterocycles. The lowest BCUT2D eigenvalue weighted by Gasteiger charge is -2.54. The number of hydrogen-bond acceptors (Lipinski definition) is 1. The van der Waals surface area contributed by atoms with E-state index in [-0.39, 0.29) is 0 Å². The molecule has 4 aliphatic rings. The molecule has 1 aromatic carbocycles. The van der Waals surface area contributed by atoms with Crippen LogP contribution in [-0.2, 0) is 6.54 Å². The Morgan fingerprint density at radius 2 is 1.55 bits per heavy atom. The van der Waals surface area contributed by atoms with E-state index >= 15 is 0 Å². The van der Waals surface area contributed by atoms with E-state index in [0.717, 1.165) is 36.3 Å². The summed E-state index contributed by atoms with van der Waals surface area (Å²) in [6.07, 6.45) is 9.46. The van der Waals surface area contributed by atoms with Crippen molar-refractivity contribution < 1.29 is 0 Å². The second-order valence-corrected chi connectivity index (χ2v) is 7.28. The molecule has 0 spiro atoms. The van der Waals surface area contributed by atoms with Crippen molar-refractivity contribution in [2.75, 3.05) is 0 Å². The summed E-state index contributed by atoms with van der Waals surface area (Å²) in [5.74, 6) is 4.09. The molecule has 0 unspecified atom stereocenters. The van der Waals surface area contributed by atoms with Crippen LogP contribution in [0, 0.1) is 23.7 Å². The lowest BCUT2D eigenvalue weighted by molar-refractivity contribution is -0.0142. The first-order chi connectivity index (χ1) is 9.81. The summed E-state index contributed by atoms with van der Waals surface area (Å²) < 4.78 is 0. The van der Waals surface area contributed by atoms with Crippen molar-refractivity contribution in [1.29, 1.82) is 0 Å².